The van der Waals surface area contributed by atoms with Crippen LogP contribution >= 0.6 is 0 Å². The molecule has 2 aromatic heterocycles. The summed E-state index contributed by atoms with van der Waals surface area (Å²) in [6.45, 7) is 12.7. The van der Waals surface area contributed by atoms with Crippen LogP contribution in [-0.4, -0.2) is 62.3 Å². The van der Waals surface area contributed by atoms with E-state index in [9.17, 15) is 9.18 Å². The van der Waals surface area contributed by atoms with Gasteiger partial charge in [0.25, 0.3) is 0 Å². The Morgan fingerprint density at radius 2 is 1.84 bits per heavy atom. The van der Waals surface area contributed by atoms with Gasteiger partial charge in [0.1, 0.15) is 5.82 Å². The minimum Gasteiger partial charge on any atom is -0.454 e. The molecule has 11 heteroatoms. The highest BCUT2D eigenvalue weighted by molar-refractivity contribution is 5.84. The molecule has 1 amide bonds. The molecule has 0 spiro atoms. The molecule has 0 radical (unpaired) electrons. The molecule has 1 N–H and O–H groups in total. The van der Waals surface area contributed by atoms with Crippen LogP contribution in [-0.2, 0) is 17.9 Å². The number of ether oxygens (including phenoxy) is 2. The topological polar surface area (TPSA) is 97.6 Å². The lowest BCUT2D eigenvalue weighted by atomic mass is 9.91. The molecule has 0 bridgehead atoms. The molecular formula is C32H38FN7O3. The summed E-state index contributed by atoms with van der Waals surface area (Å²) in [7, 11) is 0. The number of halogens is 1. The van der Waals surface area contributed by atoms with Crippen molar-refractivity contribution in [2.24, 2.45) is 5.41 Å². The van der Waals surface area contributed by atoms with E-state index in [4.69, 9.17) is 19.4 Å². The van der Waals surface area contributed by atoms with E-state index in [1.165, 1.54) is 12.1 Å². The summed E-state index contributed by atoms with van der Waals surface area (Å²) in [4.78, 5) is 31.9. The monoisotopic (exact) mass is 587 g/mol. The number of amides is 1. The van der Waals surface area contributed by atoms with Gasteiger partial charge in [0.05, 0.1) is 12.9 Å². The second-order valence-electron chi connectivity index (χ2n) is 12.7. The smallest absolute Gasteiger partial charge is 0.231 e. The Balaban J connectivity index is 1.32. The van der Waals surface area contributed by atoms with E-state index in [-0.39, 0.29) is 36.0 Å². The molecule has 2 aliphatic heterocycles. The summed E-state index contributed by atoms with van der Waals surface area (Å²) < 4.78 is 26.9. The van der Waals surface area contributed by atoms with Gasteiger partial charge in [-0.05, 0) is 54.7 Å². The Kier molecular flexibility index (Phi) is 7.57. The number of rotatable bonds is 7. The fraction of sp³-hybridized carbons (Fsp3) is 0.438. The molecule has 2 aliphatic rings. The number of hydrogen-bond acceptors (Lipinski definition) is 8. The zero-order valence-corrected chi connectivity index (χ0v) is 25.3. The maximum absolute atomic E-state index is 14.0. The van der Waals surface area contributed by atoms with Gasteiger partial charge in [-0.1, -0.05) is 39.0 Å². The number of fused-ring (bicyclic) bond motifs is 2. The molecule has 2 unspecified atom stereocenters. The number of anilines is 2. The first kappa shape index (κ1) is 28.7. The fourth-order valence-corrected chi connectivity index (χ4v) is 5.68. The maximum Gasteiger partial charge on any atom is 0.231 e. The third kappa shape index (κ3) is 6.21. The van der Waals surface area contributed by atoms with Gasteiger partial charge in [0, 0.05) is 38.1 Å². The summed E-state index contributed by atoms with van der Waals surface area (Å²) in [5.74, 6) is 2.49. The minimum atomic E-state index is -0.287. The van der Waals surface area contributed by atoms with Gasteiger partial charge in [-0.25, -0.2) is 9.37 Å². The van der Waals surface area contributed by atoms with Crippen molar-refractivity contribution in [1.82, 2.24) is 24.4 Å². The Labute approximate surface area is 250 Å². The van der Waals surface area contributed by atoms with E-state index in [1.54, 1.807) is 12.4 Å². The van der Waals surface area contributed by atoms with E-state index in [0.29, 0.717) is 61.3 Å². The number of nitrogens with zero attached hydrogens (tertiary/aromatic N) is 6. The zero-order chi connectivity index (χ0) is 30.3. The lowest BCUT2D eigenvalue weighted by molar-refractivity contribution is -0.136. The molecule has 4 heterocycles. The van der Waals surface area contributed by atoms with Crippen LogP contribution in [0.3, 0.4) is 0 Å². The van der Waals surface area contributed by atoms with Crippen molar-refractivity contribution in [2.45, 2.75) is 66.2 Å². The predicted octanol–water partition coefficient (Wildman–Crippen LogP) is 5.22. The van der Waals surface area contributed by atoms with Gasteiger partial charge < -0.3 is 29.2 Å². The van der Waals surface area contributed by atoms with Gasteiger partial charge in [0.2, 0.25) is 18.6 Å². The molecule has 226 valence electrons. The largest absolute Gasteiger partial charge is 0.454 e. The number of carbonyl (C=O) groups is 1. The van der Waals surface area contributed by atoms with Gasteiger partial charge in [-0.2, -0.15) is 9.97 Å². The molecule has 1 fully saturated rings. The molecule has 1 saturated heterocycles. The standard InChI is InChI=1S/C32H38FN7O3/c1-20-16-40(21(2)15-39(20)27(41)13-32(3,4)5)31-36-29(34-14-22-9-10-25-26(12-22)43-19-42-25)28-30(37-31)38(18-35-28)17-23-7-6-8-24(33)11-23/h6-12,18,20-21H,13-17,19H2,1-5H3,(H,34,36,37). The average molecular weight is 588 g/mol. The first-order chi connectivity index (χ1) is 20.5. The second kappa shape index (κ2) is 11.3. The first-order valence-corrected chi connectivity index (χ1v) is 14.7. The average Bonchev–Trinajstić information content (AvgIpc) is 3.58. The maximum atomic E-state index is 14.0. The van der Waals surface area contributed by atoms with Crippen molar-refractivity contribution in [3.63, 3.8) is 0 Å². The Morgan fingerprint density at radius 3 is 2.63 bits per heavy atom. The number of hydrogen-bond donors (Lipinski definition) is 1. The summed E-state index contributed by atoms with van der Waals surface area (Å²) in [5, 5.41) is 3.47. The molecule has 0 saturated carbocycles. The molecule has 2 atom stereocenters. The van der Waals surface area contributed by atoms with Crippen LogP contribution in [0.25, 0.3) is 11.2 Å². The molecule has 2 aromatic carbocycles. The highest BCUT2D eigenvalue weighted by atomic mass is 19.1. The summed E-state index contributed by atoms with van der Waals surface area (Å²) >= 11 is 0. The fourth-order valence-electron chi connectivity index (χ4n) is 5.68. The molecular weight excluding hydrogens is 549 g/mol. The third-order valence-corrected chi connectivity index (χ3v) is 7.84. The number of nitrogens with one attached hydrogen (secondary N) is 1. The van der Waals surface area contributed by atoms with Crippen molar-refractivity contribution in [1.29, 1.82) is 0 Å². The Morgan fingerprint density at radius 1 is 1.02 bits per heavy atom. The number of carbonyl (C=O) groups excluding carboxylic acids is 1. The molecule has 43 heavy (non-hydrogen) atoms. The van der Waals surface area contributed by atoms with Crippen LogP contribution in [0.15, 0.2) is 48.8 Å². The highest BCUT2D eigenvalue weighted by Crippen LogP contribution is 2.33. The summed E-state index contributed by atoms with van der Waals surface area (Å²) in [6, 6.07) is 12.4. The number of piperazine rings is 1. The van der Waals surface area contributed by atoms with E-state index < -0.39 is 0 Å². The third-order valence-electron chi connectivity index (χ3n) is 7.84. The predicted molar refractivity (Wildman–Crippen MR) is 163 cm³/mol. The molecule has 10 nitrogen and oxygen atoms in total. The summed E-state index contributed by atoms with van der Waals surface area (Å²) in [6.07, 6.45) is 2.22. The van der Waals surface area contributed by atoms with Gasteiger partial charge >= 0.3 is 0 Å². The van der Waals surface area contributed by atoms with Gasteiger partial charge in [-0.3, -0.25) is 4.79 Å². The van der Waals surface area contributed by atoms with Gasteiger partial charge in [0.15, 0.2) is 28.5 Å². The SMILES string of the molecule is CC1CN(c2nc(NCc3ccc4c(c3)OCO4)c3ncn(Cc4cccc(F)c4)c3n2)C(C)CN1C(=O)CC(C)(C)C. The van der Waals surface area contributed by atoms with Crippen LogP contribution in [0.1, 0.15) is 52.2 Å². The lowest BCUT2D eigenvalue weighted by Gasteiger charge is -2.44. The summed E-state index contributed by atoms with van der Waals surface area (Å²) in [5.41, 5.74) is 3.00. The van der Waals surface area contributed by atoms with Crippen LogP contribution in [0, 0.1) is 11.2 Å². The van der Waals surface area contributed by atoms with Crippen LogP contribution < -0.4 is 19.7 Å². The molecule has 4 aromatic rings. The Bertz CT molecular complexity index is 1650. The number of aromatic nitrogens is 4. The van der Waals surface area contributed by atoms with Crippen molar-refractivity contribution >= 4 is 28.8 Å². The van der Waals surface area contributed by atoms with Crippen molar-refractivity contribution in [3.05, 3.63) is 65.7 Å². The Hall–Kier alpha value is -4.41. The molecule has 6 rings (SSSR count). The number of imidazole rings is 1. The quantitative estimate of drug-likeness (QED) is 0.315. The lowest BCUT2D eigenvalue weighted by Crippen LogP contribution is -2.59. The zero-order valence-electron chi connectivity index (χ0n) is 25.3. The van der Waals surface area contributed by atoms with Crippen molar-refractivity contribution < 1.29 is 18.7 Å². The van der Waals surface area contributed by atoms with E-state index in [0.717, 1.165) is 16.9 Å². The first-order valence-electron chi connectivity index (χ1n) is 14.7. The normalized spacial score (nSPS) is 18.4. The van der Waals surface area contributed by atoms with Crippen molar-refractivity contribution in [2.75, 3.05) is 30.1 Å². The minimum absolute atomic E-state index is 0.00105. The highest BCUT2D eigenvalue weighted by Gasteiger charge is 2.35. The van der Waals surface area contributed by atoms with E-state index >= 15 is 0 Å². The van der Waals surface area contributed by atoms with Crippen LogP contribution in [0.4, 0.5) is 16.2 Å². The van der Waals surface area contributed by atoms with E-state index in [2.05, 4.69) is 49.8 Å². The second-order valence-corrected chi connectivity index (χ2v) is 12.7. The van der Waals surface area contributed by atoms with Crippen LogP contribution in [0.5, 0.6) is 11.5 Å². The van der Waals surface area contributed by atoms with E-state index in [1.807, 2.05) is 33.7 Å². The number of benzene rings is 2. The van der Waals surface area contributed by atoms with Crippen molar-refractivity contribution in [3.8, 4) is 11.5 Å². The van der Waals surface area contributed by atoms with Gasteiger partial charge in [-0.15, -0.1) is 0 Å². The van der Waals surface area contributed by atoms with Crippen LogP contribution in [0.2, 0.25) is 0 Å². The molecule has 0 aliphatic carbocycles.